The summed E-state index contributed by atoms with van der Waals surface area (Å²) in [4.78, 5) is 4.62. The van der Waals surface area contributed by atoms with Crippen LogP contribution in [0.5, 0.6) is 0 Å². The average Bonchev–Trinajstić information content (AvgIpc) is 3.72. The molecule has 0 atom stereocenters. The summed E-state index contributed by atoms with van der Waals surface area (Å²) < 4.78 is 48.3. The van der Waals surface area contributed by atoms with Crippen molar-refractivity contribution in [1.29, 1.82) is 0 Å². The molecule has 10 aromatic rings. The second kappa shape index (κ2) is 13.3. The summed E-state index contributed by atoms with van der Waals surface area (Å²) in [7, 11) is 0. The highest BCUT2D eigenvalue weighted by molar-refractivity contribution is 6.12. The van der Waals surface area contributed by atoms with E-state index in [1.807, 2.05) is 53.2 Å². The minimum Gasteiger partial charge on any atom is -0.309 e. The zero-order valence-corrected chi connectivity index (χ0v) is 32.5. The predicted molar refractivity (Wildman–Crippen MR) is 233 cm³/mol. The highest BCUT2D eigenvalue weighted by atomic mass is 19.4. The van der Waals surface area contributed by atoms with E-state index in [-0.39, 0.29) is 0 Å². The van der Waals surface area contributed by atoms with Gasteiger partial charge < -0.3 is 9.13 Å². The van der Waals surface area contributed by atoms with Crippen LogP contribution < -0.4 is 0 Å². The Kier molecular flexibility index (Phi) is 8.17. The summed E-state index contributed by atoms with van der Waals surface area (Å²) in [6.07, 6.45) is -1.01. The van der Waals surface area contributed by atoms with Crippen LogP contribution in [0.1, 0.15) is 27.8 Å². The molecule has 6 heteroatoms. The van der Waals surface area contributed by atoms with Crippen molar-refractivity contribution < 1.29 is 13.2 Å². The minimum atomic E-state index is -4.55. The molecule has 10 rings (SSSR count). The number of fused-ring (bicyclic) bond motifs is 6. The van der Waals surface area contributed by atoms with E-state index in [2.05, 4.69) is 122 Å². The Labute approximate surface area is 334 Å². The van der Waals surface area contributed by atoms with Crippen LogP contribution in [0.2, 0.25) is 0 Å². The molecule has 0 aliphatic rings. The molecule has 58 heavy (non-hydrogen) atoms. The summed E-state index contributed by atoms with van der Waals surface area (Å²) in [6.45, 7) is 8.43. The van der Waals surface area contributed by atoms with Gasteiger partial charge in [0.2, 0.25) is 0 Å². The van der Waals surface area contributed by atoms with Crippen LogP contribution >= 0.6 is 0 Å². The molecular weight excluding hydrogens is 724 g/mol. The lowest BCUT2D eigenvalue weighted by Crippen LogP contribution is -2.08. The first kappa shape index (κ1) is 35.5. The molecule has 0 aliphatic heterocycles. The van der Waals surface area contributed by atoms with E-state index < -0.39 is 11.7 Å². The van der Waals surface area contributed by atoms with E-state index in [0.717, 1.165) is 71.6 Å². The smallest absolute Gasteiger partial charge is 0.309 e. The van der Waals surface area contributed by atoms with Crippen molar-refractivity contribution in [3.63, 3.8) is 0 Å². The van der Waals surface area contributed by atoms with Crippen molar-refractivity contribution in [2.45, 2.75) is 33.9 Å². The maximum atomic E-state index is 14.7. The first-order valence-electron chi connectivity index (χ1n) is 19.4. The predicted octanol–water partition coefficient (Wildman–Crippen LogP) is 14.5. The Morgan fingerprint density at radius 2 is 0.914 bits per heavy atom. The number of hydrogen-bond donors (Lipinski definition) is 0. The molecule has 0 saturated carbocycles. The summed E-state index contributed by atoms with van der Waals surface area (Å²) in [5.41, 5.74) is 14.8. The van der Waals surface area contributed by atoms with Crippen molar-refractivity contribution in [1.82, 2.24) is 14.1 Å². The maximum Gasteiger partial charge on any atom is 0.416 e. The maximum absolute atomic E-state index is 14.7. The molecule has 282 valence electrons. The van der Waals surface area contributed by atoms with Crippen LogP contribution in [0.25, 0.3) is 88.4 Å². The molecule has 3 heterocycles. The Hall–Kier alpha value is -6.92. The minimum absolute atomic E-state index is 0.436. The number of alkyl halides is 3. The number of para-hydroxylation sites is 2. The molecule has 7 aromatic carbocycles. The van der Waals surface area contributed by atoms with Gasteiger partial charge in [-0.15, -0.1) is 0 Å². The molecular formula is C52H38F3N3. The fourth-order valence-corrected chi connectivity index (χ4v) is 8.99. The lowest BCUT2D eigenvalue weighted by atomic mass is 9.97. The molecule has 0 aliphatic carbocycles. The van der Waals surface area contributed by atoms with Crippen molar-refractivity contribution >= 4 is 43.6 Å². The Balaban J connectivity index is 1.23. The topological polar surface area (TPSA) is 22.8 Å². The van der Waals surface area contributed by atoms with Crippen LogP contribution in [0.15, 0.2) is 158 Å². The van der Waals surface area contributed by atoms with E-state index in [1.54, 1.807) is 12.3 Å². The first-order chi connectivity index (χ1) is 28.0. The van der Waals surface area contributed by atoms with Gasteiger partial charge >= 0.3 is 6.18 Å². The Bertz CT molecular complexity index is 3270. The number of benzene rings is 7. The van der Waals surface area contributed by atoms with Gasteiger partial charge in [0.05, 0.1) is 45.2 Å². The summed E-state index contributed by atoms with van der Waals surface area (Å²) in [5.74, 6) is 0. The third-order valence-electron chi connectivity index (χ3n) is 11.6. The van der Waals surface area contributed by atoms with Crippen LogP contribution in [-0.4, -0.2) is 14.1 Å². The second-order valence-corrected chi connectivity index (χ2v) is 15.4. The van der Waals surface area contributed by atoms with Gasteiger partial charge in [-0.2, -0.15) is 13.2 Å². The number of aryl methyl sites for hydroxylation is 4. The number of hydrogen-bond acceptors (Lipinski definition) is 1. The lowest BCUT2D eigenvalue weighted by Gasteiger charge is -2.20. The molecule has 0 radical (unpaired) electrons. The van der Waals surface area contributed by atoms with Gasteiger partial charge in [-0.3, -0.25) is 4.98 Å². The molecule has 3 aromatic heterocycles. The van der Waals surface area contributed by atoms with E-state index in [1.165, 1.54) is 39.9 Å². The highest BCUT2D eigenvalue weighted by Crippen LogP contribution is 2.44. The van der Waals surface area contributed by atoms with E-state index >= 15 is 0 Å². The van der Waals surface area contributed by atoms with E-state index in [4.69, 9.17) is 0 Å². The SMILES string of the molecule is Cc1ccc(-c2ccc3c(c2)c2ccccc2n3-c2cnccc2-c2ccc(C(F)(F)F)cc2-n2c3ccccc3c3cc(-c4ccc(C)cc4C)ccc32)c(C)c1. The van der Waals surface area contributed by atoms with E-state index in [9.17, 15) is 13.2 Å². The second-order valence-electron chi connectivity index (χ2n) is 15.4. The largest absolute Gasteiger partial charge is 0.416 e. The van der Waals surface area contributed by atoms with Crippen LogP contribution in [0.4, 0.5) is 13.2 Å². The fraction of sp³-hybridized carbons (Fsp3) is 0.0962. The van der Waals surface area contributed by atoms with Gasteiger partial charge in [-0.25, -0.2) is 0 Å². The molecule has 0 fully saturated rings. The fourth-order valence-electron chi connectivity index (χ4n) is 8.99. The number of rotatable bonds is 5. The molecule has 0 bridgehead atoms. The molecule has 0 amide bonds. The van der Waals surface area contributed by atoms with Gasteiger partial charge in [0.1, 0.15) is 0 Å². The molecule has 0 saturated heterocycles. The number of nitrogens with zero attached hydrogens (tertiary/aromatic N) is 3. The summed E-state index contributed by atoms with van der Waals surface area (Å²) in [5, 5.41) is 4.09. The van der Waals surface area contributed by atoms with Crippen molar-refractivity contribution in [3.8, 4) is 44.8 Å². The first-order valence-corrected chi connectivity index (χ1v) is 19.4. The van der Waals surface area contributed by atoms with Crippen molar-refractivity contribution in [2.75, 3.05) is 0 Å². The van der Waals surface area contributed by atoms with Gasteiger partial charge in [-0.1, -0.05) is 102 Å². The summed E-state index contributed by atoms with van der Waals surface area (Å²) >= 11 is 0. The zero-order chi connectivity index (χ0) is 39.9. The molecule has 0 N–H and O–H groups in total. The number of halogens is 3. The highest BCUT2D eigenvalue weighted by Gasteiger charge is 2.32. The Morgan fingerprint density at radius 3 is 1.45 bits per heavy atom. The zero-order valence-electron chi connectivity index (χ0n) is 32.5. The Morgan fingerprint density at radius 1 is 0.431 bits per heavy atom. The van der Waals surface area contributed by atoms with Gasteiger partial charge in [0.15, 0.2) is 0 Å². The average molecular weight is 762 g/mol. The molecule has 0 spiro atoms. The van der Waals surface area contributed by atoms with Crippen LogP contribution in [0, 0.1) is 27.7 Å². The lowest BCUT2D eigenvalue weighted by molar-refractivity contribution is -0.137. The summed E-state index contributed by atoms with van der Waals surface area (Å²) in [6, 6.07) is 48.0. The van der Waals surface area contributed by atoms with Gasteiger partial charge in [-0.05, 0) is 116 Å². The molecule has 0 unspecified atom stereocenters. The van der Waals surface area contributed by atoms with E-state index in [0.29, 0.717) is 11.3 Å². The third kappa shape index (κ3) is 5.70. The number of aromatic nitrogens is 3. The van der Waals surface area contributed by atoms with Crippen LogP contribution in [-0.2, 0) is 6.18 Å². The molecule has 3 nitrogen and oxygen atoms in total. The van der Waals surface area contributed by atoms with Crippen molar-refractivity contribution in [3.05, 3.63) is 186 Å². The third-order valence-corrected chi connectivity index (χ3v) is 11.6. The number of pyridine rings is 1. The van der Waals surface area contributed by atoms with Crippen LogP contribution in [0.3, 0.4) is 0 Å². The monoisotopic (exact) mass is 761 g/mol. The van der Waals surface area contributed by atoms with Gasteiger partial charge in [0, 0.05) is 38.9 Å². The normalized spacial score (nSPS) is 12.1. The standard InChI is InChI=1S/C52H38F3N3/c1-31-13-18-38(33(3)25-31)35-15-21-48-44(27-35)40-9-5-7-11-46(40)57(48)50-29-37(52(53,54)55)17-20-42(50)43-23-24-56-30-51(43)58-47-12-8-6-10-41(47)45-28-36(16-22-49(45)58)39-19-14-32(2)26-34(39)4/h5-30H,1-4H3. The quantitative estimate of drug-likeness (QED) is 0.171. The van der Waals surface area contributed by atoms with Gasteiger partial charge in [0.25, 0.3) is 0 Å². The van der Waals surface area contributed by atoms with Crippen molar-refractivity contribution in [2.24, 2.45) is 0 Å².